The van der Waals surface area contributed by atoms with Crippen LogP contribution in [0.15, 0.2) is 18.2 Å². The molecule has 2 aliphatic rings. The molecule has 23 heavy (non-hydrogen) atoms. The van der Waals surface area contributed by atoms with Crippen molar-refractivity contribution in [3.8, 4) is 5.75 Å². The molecule has 2 heterocycles. The van der Waals surface area contributed by atoms with Gasteiger partial charge in [0.15, 0.2) is 6.29 Å². The Bertz CT molecular complexity index is 530. The Labute approximate surface area is 137 Å². The lowest BCUT2D eigenvalue weighted by atomic mass is 9.96. The van der Waals surface area contributed by atoms with E-state index < -0.39 is 0 Å². The third kappa shape index (κ3) is 4.14. The summed E-state index contributed by atoms with van der Waals surface area (Å²) in [6.45, 7) is 10.6. The van der Waals surface area contributed by atoms with Gasteiger partial charge in [0, 0.05) is 17.0 Å². The quantitative estimate of drug-likeness (QED) is 0.848. The number of ether oxygens (including phenoxy) is 3. The Morgan fingerprint density at radius 3 is 2.35 bits per heavy atom. The zero-order valence-electron chi connectivity index (χ0n) is 14.2. The minimum absolute atomic E-state index is 0.00302. The summed E-state index contributed by atoms with van der Waals surface area (Å²) in [5, 5.41) is 1.46. The third-order valence-electron chi connectivity index (χ3n) is 3.54. The average Bonchev–Trinajstić information content (AvgIpc) is 3.00. The van der Waals surface area contributed by atoms with E-state index in [0.717, 1.165) is 17.0 Å². The molecule has 2 aliphatic heterocycles. The van der Waals surface area contributed by atoms with Crippen molar-refractivity contribution >= 4 is 5.69 Å². The number of hydrogen-bond acceptors (Lipinski definition) is 6. The van der Waals surface area contributed by atoms with E-state index in [1.807, 2.05) is 32.0 Å². The molecule has 0 aliphatic carbocycles. The molecule has 0 radical (unpaired) electrons. The molecule has 2 fully saturated rings. The molecule has 2 saturated heterocycles. The van der Waals surface area contributed by atoms with Crippen LogP contribution in [0.2, 0.25) is 0 Å². The predicted octanol–water partition coefficient (Wildman–Crippen LogP) is 3.23. The van der Waals surface area contributed by atoms with Gasteiger partial charge < -0.3 is 14.2 Å². The van der Waals surface area contributed by atoms with Crippen molar-refractivity contribution in [2.45, 2.75) is 40.1 Å². The van der Waals surface area contributed by atoms with Gasteiger partial charge in [-0.05, 0) is 26.0 Å². The summed E-state index contributed by atoms with van der Waals surface area (Å²) in [5.41, 5.74) is 1.67. The molecule has 1 aromatic rings. The largest absolute Gasteiger partial charge is 0.491 e. The zero-order valence-corrected chi connectivity index (χ0v) is 14.2. The van der Waals surface area contributed by atoms with E-state index in [-0.39, 0.29) is 17.8 Å². The highest BCUT2D eigenvalue weighted by atomic mass is 17.0. The van der Waals surface area contributed by atoms with Crippen molar-refractivity contribution in [2.75, 3.05) is 31.7 Å². The first kappa shape index (κ1) is 16.5. The van der Waals surface area contributed by atoms with Crippen molar-refractivity contribution in [1.82, 2.24) is 0 Å². The highest BCUT2D eigenvalue weighted by molar-refractivity contribution is 5.51. The van der Waals surface area contributed by atoms with Crippen molar-refractivity contribution in [1.29, 1.82) is 0 Å². The first-order valence-corrected chi connectivity index (χ1v) is 8.04. The molecule has 0 atom stereocenters. The minimum atomic E-state index is -0.370. The molecule has 1 aromatic carbocycles. The van der Waals surface area contributed by atoms with Gasteiger partial charge >= 0.3 is 0 Å². The second-order valence-corrected chi connectivity index (χ2v) is 6.97. The highest BCUT2D eigenvalue weighted by Crippen LogP contribution is 2.34. The lowest BCUT2D eigenvalue weighted by molar-refractivity contribution is -0.180. The summed E-state index contributed by atoms with van der Waals surface area (Å²) in [7, 11) is 0. The monoisotopic (exact) mass is 323 g/mol. The molecule has 0 aromatic heterocycles. The maximum absolute atomic E-state index is 5.84. The molecule has 6 nitrogen and oxygen atoms in total. The van der Waals surface area contributed by atoms with E-state index in [9.17, 15) is 0 Å². The van der Waals surface area contributed by atoms with Crippen LogP contribution < -0.4 is 9.96 Å². The van der Waals surface area contributed by atoms with Gasteiger partial charge in [-0.1, -0.05) is 13.8 Å². The number of hydrogen-bond donors (Lipinski definition) is 0. The van der Waals surface area contributed by atoms with Crippen LogP contribution in [0, 0.1) is 5.41 Å². The number of benzene rings is 1. The van der Waals surface area contributed by atoms with E-state index in [0.29, 0.717) is 26.4 Å². The summed E-state index contributed by atoms with van der Waals surface area (Å²) in [6.07, 6.45) is -0.295. The third-order valence-corrected chi connectivity index (χ3v) is 3.54. The SMILES string of the molecule is CC(C)Oc1cc(C2OCCO2)cc(N2OCC(C)(C)CO2)c1. The smallest absolute Gasteiger partial charge is 0.184 e. The van der Waals surface area contributed by atoms with Crippen LogP contribution in [-0.4, -0.2) is 32.5 Å². The van der Waals surface area contributed by atoms with Crippen LogP contribution in [0.4, 0.5) is 5.69 Å². The number of rotatable bonds is 4. The summed E-state index contributed by atoms with van der Waals surface area (Å²) < 4.78 is 17.0. The van der Waals surface area contributed by atoms with Crippen LogP contribution in [0.1, 0.15) is 39.5 Å². The van der Waals surface area contributed by atoms with Crippen molar-refractivity contribution in [3.05, 3.63) is 23.8 Å². The van der Waals surface area contributed by atoms with Crippen LogP contribution in [-0.2, 0) is 19.1 Å². The topological polar surface area (TPSA) is 49.4 Å². The van der Waals surface area contributed by atoms with Gasteiger partial charge in [-0.2, -0.15) is 0 Å². The maximum Gasteiger partial charge on any atom is 0.184 e. The molecule has 0 amide bonds. The fourth-order valence-electron chi connectivity index (χ4n) is 2.43. The van der Waals surface area contributed by atoms with Gasteiger partial charge in [0.05, 0.1) is 38.2 Å². The minimum Gasteiger partial charge on any atom is -0.491 e. The van der Waals surface area contributed by atoms with Gasteiger partial charge in [-0.15, -0.1) is 5.23 Å². The van der Waals surface area contributed by atoms with E-state index >= 15 is 0 Å². The maximum atomic E-state index is 5.84. The van der Waals surface area contributed by atoms with E-state index in [1.54, 1.807) is 0 Å². The van der Waals surface area contributed by atoms with Crippen LogP contribution >= 0.6 is 0 Å². The predicted molar refractivity (Wildman–Crippen MR) is 85.0 cm³/mol. The number of nitrogens with zero attached hydrogens (tertiary/aromatic N) is 1. The highest BCUT2D eigenvalue weighted by Gasteiger charge is 2.29. The van der Waals surface area contributed by atoms with Crippen LogP contribution in [0.3, 0.4) is 0 Å². The van der Waals surface area contributed by atoms with Crippen molar-refractivity contribution < 1.29 is 23.9 Å². The number of anilines is 1. The molecule has 6 heteroatoms. The summed E-state index contributed by atoms with van der Waals surface area (Å²) in [4.78, 5) is 11.5. The van der Waals surface area contributed by atoms with Crippen LogP contribution in [0.5, 0.6) is 5.75 Å². The summed E-state index contributed by atoms with van der Waals surface area (Å²) in [6, 6.07) is 5.78. The Morgan fingerprint density at radius 2 is 1.74 bits per heavy atom. The summed E-state index contributed by atoms with van der Waals surface area (Å²) in [5.74, 6) is 0.739. The van der Waals surface area contributed by atoms with Crippen molar-refractivity contribution in [3.63, 3.8) is 0 Å². The second kappa shape index (κ2) is 6.65. The zero-order chi connectivity index (χ0) is 16.4. The van der Waals surface area contributed by atoms with E-state index in [1.165, 1.54) is 5.23 Å². The Morgan fingerprint density at radius 1 is 1.09 bits per heavy atom. The molecule has 0 spiro atoms. The lowest BCUT2D eigenvalue weighted by Crippen LogP contribution is -2.41. The Kier molecular flexibility index (Phi) is 4.77. The van der Waals surface area contributed by atoms with E-state index in [2.05, 4.69) is 13.8 Å². The molecular weight excluding hydrogens is 298 g/mol. The lowest BCUT2D eigenvalue weighted by Gasteiger charge is -2.36. The molecule has 3 rings (SSSR count). The molecule has 128 valence electrons. The molecule has 0 N–H and O–H groups in total. The first-order chi connectivity index (χ1) is 10.9. The van der Waals surface area contributed by atoms with Crippen molar-refractivity contribution in [2.24, 2.45) is 5.41 Å². The van der Waals surface area contributed by atoms with Gasteiger partial charge in [0.2, 0.25) is 0 Å². The first-order valence-electron chi connectivity index (χ1n) is 8.04. The average molecular weight is 323 g/mol. The van der Waals surface area contributed by atoms with Gasteiger partial charge in [0.25, 0.3) is 0 Å². The van der Waals surface area contributed by atoms with Gasteiger partial charge in [-0.3, -0.25) is 0 Å². The molecule has 0 saturated carbocycles. The molecular formula is C17H25NO5. The summed E-state index contributed by atoms with van der Waals surface area (Å²) >= 11 is 0. The fourth-order valence-corrected chi connectivity index (χ4v) is 2.43. The second-order valence-electron chi connectivity index (χ2n) is 6.97. The normalized spacial score (nSPS) is 21.9. The van der Waals surface area contributed by atoms with Crippen LogP contribution in [0.25, 0.3) is 0 Å². The Hall–Kier alpha value is -1.34. The molecule has 0 unspecified atom stereocenters. The van der Waals surface area contributed by atoms with E-state index in [4.69, 9.17) is 23.9 Å². The standard InChI is InChI=1S/C17H25NO5/c1-12(2)23-15-8-13(16-19-5-6-20-16)7-14(9-15)18-21-10-17(3,4)11-22-18/h7-9,12,16H,5-6,10-11H2,1-4H3. The fraction of sp³-hybridized carbons (Fsp3) is 0.647. The Balaban J connectivity index is 1.84. The molecule has 0 bridgehead atoms. The van der Waals surface area contributed by atoms with Gasteiger partial charge in [0.1, 0.15) is 5.75 Å². The van der Waals surface area contributed by atoms with Gasteiger partial charge in [-0.25, -0.2) is 9.68 Å².